The van der Waals surface area contributed by atoms with Gasteiger partial charge in [0.05, 0.1) is 24.2 Å². The Morgan fingerprint density at radius 3 is 2.79 bits per heavy atom. The van der Waals surface area contributed by atoms with Crippen molar-refractivity contribution in [3.8, 4) is 0 Å². The molecule has 0 saturated carbocycles. The first kappa shape index (κ1) is 18.9. The molecule has 10 heteroatoms. The van der Waals surface area contributed by atoms with Gasteiger partial charge in [-0.1, -0.05) is 11.6 Å². The van der Waals surface area contributed by atoms with Crippen LogP contribution in [-0.2, 0) is 20.4 Å². The molecule has 0 aliphatic carbocycles. The number of halogens is 1. The predicted octanol–water partition coefficient (Wildman–Crippen LogP) is 2.93. The topological polar surface area (TPSA) is 114 Å². The molecule has 1 aromatic carbocycles. The van der Waals surface area contributed by atoms with Crippen molar-refractivity contribution in [3.63, 3.8) is 0 Å². The van der Waals surface area contributed by atoms with Gasteiger partial charge in [0.2, 0.25) is 5.82 Å². The first-order chi connectivity index (χ1) is 11.3. The SMILES string of the molecule is CCOC(=O)c1nc2c(CNP(=O)(O)OCC)c(C)c(Cl)cc2[nH]1. The van der Waals surface area contributed by atoms with Gasteiger partial charge in [-0.05, 0) is 38.0 Å². The highest BCUT2D eigenvalue weighted by molar-refractivity contribution is 7.50. The van der Waals surface area contributed by atoms with Crippen molar-refractivity contribution in [1.29, 1.82) is 0 Å². The molecular weight excluding hydrogens is 357 g/mol. The fraction of sp³-hybridized carbons (Fsp3) is 0.429. The molecule has 1 unspecified atom stereocenters. The van der Waals surface area contributed by atoms with Crippen LogP contribution in [0.4, 0.5) is 0 Å². The maximum Gasteiger partial charge on any atom is 0.403 e. The lowest BCUT2D eigenvalue weighted by Crippen LogP contribution is -2.13. The van der Waals surface area contributed by atoms with Gasteiger partial charge in [0.15, 0.2) is 0 Å². The zero-order valence-corrected chi connectivity index (χ0v) is 15.2. The van der Waals surface area contributed by atoms with E-state index in [-0.39, 0.29) is 25.6 Å². The fourth-order valence-electron chi connectivity index (χ4n) is 2.19. The molecule has 1 heterocycles. The predicted molar refractivity (Wildman–Crippen MR) is 90.1 cm³/mol. The summed E-state index contributed by atoms with van der Waals surface area (Å²) in [5.74, 6) is -0.532. The van der Waals surface area contributed by atoms with Gasteiger partial charge < -0.3 is 14.6 Å². The van der Waals surface area contributed by atoms with Crippen molar-refractivity contribution in [2.24, 2.45) is 0 Å². The zero-order chi connectivity index (χ0) is 17.9. The Kier molecular flexibility index (Phi) is 6.01. The average molecular weight is 376 g/mol. The Morgan fingerprint density at radius 2 is 2.17 bits per heavy atom. The van der Waals surface area contributed by atoms with E-state index in [1.807, 2.05) is 0 Å². The summed E-state index contributed by atoms with van der Waals surface area (Å²) >= 11 is 6.20. The summed E-state index contributed by atoms with van der Waals surface area (Å²) in [5, 5.41) is 2.91. The number of H-pyrrole nitrogens is 1. The Morgan fingerprint density at radius 1 is 1.46 bits per heavy atom. The summed E-state index contributed by atoms with van der Waals surface area (Å²) in [7, 11) is -3.92. The molecular formula is C14H19ClN3O5P. The summed E-state index contributed by atoms with van der Waals surface area (Å²) in [6, 6.07) is 1.65. The van der Waals surface area contributed by atoms with Crippen molar-refractivity contribution in [3.05, 3.63) is 28.0 Å². The van der Waals surface area contributed by atoms with E-state index in [9.17, 15) is 14.3 Å². The zero-order valence-electron chi connectivity index (χ0n) is 13.6. The molecule has 3 N–H and O–H groups in total. The molecule has 0 amide bonds. The van der Waals surface area contributed by atoms with Crippen LogP contribution in [0.2, 0.25) is 5.02 Å². The molecule has 0 fully saturated rings. The minimum Gasteiger partial charge on any atom is -0.460 e. The number of imidazole rings is 1. The Bertz CT molecular complexity index is 807. The highest BCUT2D eigenvalue weighted by atomic mass is 35.5. The van der Waals surface area contributed by atoms with Gasteiger partial charge in [-0.15, -0.1) is 0 Å². The highest BCUT2D eigenvalue weighted by Gasteiger charge is 2.22. The second-order valence-electron chi connectivity index (χ2n) is 4.94. The first-order valence-corrected chi connectivity index (χ1v) is 9.31. The summed E-state index contributed by atoms with van der Waals surface area (Å²) in [4.78, 5) is 28.6. The van der Waals surface area contributed by atoms with Gasteiger partial charge in [0.1, 0.15) is 0 Å². The molecule has 0 aliphatic rings. The first-order valence-electron chi connectivity index (χ1n) is 7.36. The normalized spacial score (nSPS) is 13.9. The van der Waals surface area contributed by atoms with Crippen molar-refractivity contribution in [1.82, 2.24) is 15.1 Å². The Balaban J connectivity index is 2.42. The molecule has 2 rings (SSSR count). The maximum absolute atomic E-state index is 11.8. The monoisotopic (exact) mass is 375 g/mol. The number of hydrogen-bond acceptors (Lipinski definition) is 5. The largest absolute Gasteiger partial charge is 0.460 e. The van der Waals surface area contributed by atoms with Crippen molar-refractivity contribution in [2.75, 3.05) is 13.2 Å². The number of aromatic amines is 1. The van der Waals surface area contributed by atoms with Crippen LogP contribution in [-0.4, -0.2) is 34.0 Å². The lowest BCUT2D eigenvalue weighted by molar-refractivity contribution is 0.0513. The van der Waals surface area contributed by atoms with E-state index in [4.69, 9.17) is 20.9 Å². The number of benzene rings is 1. The molecule has 0 bridgehead atoms. The van der Waals surface area contributed by atoms with Gasteiger partial charge in [-0.3, -0.25) is 4.52 Å². The number of hydrogen-bond donors (Lipinski definition) is 3. The van der Waals surface area contributed by atoms with E-state index in [2.05, 4.69) is 15.1 Å². The molecule has 1 atom stereocenters. The van der Waals surface area contributed by atoms with E-state index in [1.165, 1.54) is 0 Å². The van der Waals surface area contributed by atoms with Crippen molar-refractivity contribution in [2.45, 2.75) is 27.3 Å². The van der Waals surface area contributed by atoms with E-state index >= 15 is 0 Å². The highest BCUT2D eigenvalue weighted by Crippen LogP contribution is 2.38. The summed E-state index contributed by atoms with van der Waals surface area (Å²) < 4.78 is 21.5. The Hall–Kier alpha value is -1.44. The standard InChI is InChI=1S/C14H19ClN3O5P/c1-4-22-14(19)13-17-11-6-10(15)8(3)9(12(11)18-13)7-16-24(20,21)23-5-2/h6H,4-5,7H2,1-3H3,(H,17,18)(H2,16,20,21). The quantitative estimate of drug-likeness (QED) is 0.503. The summed E-state index contributed by atoms with van der Waals surface area (Å²) in [6.07, 6.45) is 0. The summed E-state index contributed by atoms with van der Waals surface area (Å²) in [6.45, 7) is 5.41. The van der Waals surface area contributed by atoms with Gasteiger partial charge >= 0.3 is 13.7 Å². The average Bonchev–Trinajstić information content (AvgIpc) is 2.91. The van der Waals surface area contributed by atoms with Crippen LogP contribution in [0, 0.1) is 6.92 Å². The van der Waals surface area contributed by atoms with Crippen LogP contribution < -0.4 is 5.09 Å². The van der Waals surface area contributed by atoms with Crippen LogP contribution in [0.5, 0.6) is 0 Å². The van der Waals surface area contributed by atoms with Crippen LogP contribution in [0.1, 0.15) is 35.6 Å². The second kappa shape index (κ2) is 7.63. The third-order valence-electron chi connectivity index (χ3n) is 3.33. The number of fused-ring (bicyclic) bond motifs is 1. The van der Waals surface area contributed by atoms with Crippen LogP contribution in [0.25, 0.3) is 11.0 Å². The minimum atomic E-state index is -3.92. The molecule has 0 saturated heterocycles. The number of carbonyl (C=O) groups is 1. The van der Waals surface area contributed by atoms with Crippen molar-refractivity contribution < 1.29 is 23.5 Å². The van der Waals surface area contributed by atoms with E-state index < -0.39 is 13.7 Å². The van der Waals surface area contributed by atoms with Crippen LogP contribution >= 0.6 is 19.3 Å². The fourth-order valence-corrected chi connectivity index (χ4v) is 3.21. The second-order valence-corrected chi connectivity index (χ2v) is 6.96. The van der Waals surface area contributed by atoms with Crippen molar-refractivity contribution >= 4 is 36.4 Å². The lowest BCUT2D eigenvalue weighted by Gasteiger charge is -2.14. The number of ether oxygens (including phenoxy) is 1. The van der Waals surface area contributed by atoms with E-state index in [1.54, 1.807) is 26.8 Å². The smallest absolute Gasteiger partial charge is 0.403 e. The minimum absolute atomic E-state index is 0.00376. The third kappa shape index (κ3) is 4.15. The molecule has 132 valence electrons. The number of nitrogens with one attached hydrogen (secondary N) is 2. The molecule has 2 aromatic rings. The molecule has 1 aromatic heterocycles. The molecule has 8 nitrogen and oxygen atoms in total. The van der Waals surface area contributed by atoms with Gasteiger partial charge in [-0.2, -0.15) is 0 Å². The maximum atomic E-state index is 11.8. The molecule has 24 heavy (non-hydrogen) atoms. The number of carbonyl (C=O) groups excluding carboxylic acids is 1. The number of rotatable bonds is 7. The molecule has 0 aliphatic heterocycles. The van der Waals surface area contributed by atoms with Gasteiger partial charge in [0.25, 0.3) is 0 Å². The number of aromatic nitrogens is 2. The third-order valence-corrected chi connectivity index (χ3v) is 4.89. The lowest BCUT2D eigenvalue weighted by atomic mass is 10.1. The van der Waals surface area contributed by atoms with Gasteiger partial charge in [0, 0.05) is 11.6 Å². The Labute approximate surface area is 144 Å². The van der Waals surface area contributed by atoms with Gasteiger partial charge in [-0.25, -0.2) is 19.4 Å². The molecule has 0 radical (unpaired) electrons. The van der Waals surface area contributed by atoms with Crippen LogP contribution in [0.15, 0.2) is 6.07 Å². The number of esters is 1. The van der Waals surface area contributed by atoms with E-state index in [0.717, 1.165) is 0 Å². The molecule has 0 spiro atoms. The van der Waals surface area contributed by atoms with E-state index in [0.29, 0.717) is 27.2 Å². The van der Waals surface area contributed by atoms with Crippen LogP contribution in [0.3, 0.4) is 0 Å². The summed E-state index contributed by atoms with van der Waals surface area (Å²) in [5.41, 5.74) is 2.30. The number of nitrogens with zero attached hydrogens (tertiary/aromatic N) is 1.